The number of methoxy groups -OCH3 is 1. The van der Waals surface area contributed by atoms with Crippen molar-refractivity contribution in [3.05, 3.63) is 18.2 Å². The summed E-state index contributed by atoms with van der Waals surface area (Å²) in [6.45, 7) is 3.99. The van der Waals surface area contributed by atoms with Crippen molar-refractivity contribution in [2.45, 2.75) is 45.6 Å². The third kappa shape index (κ3) is 6.96. The van der Waals surface area contributed by atoms with E-state index in [9.17, 15) is 4.79 Å². The fraction of sp³-hybridized carbons (Fsp3) is 0.714. The molecular weight excluding hydrogens is 242 g/mol. The molecule has 0 aromatic carbocycles. The zero-order valence-electron chi connectivity index (χ0n) is 11.9. The number of hydrogen-bond acceptors (Lipinski definition) is 4. The number of carbonyl (C=O) groups is 1. The molecule has 1 unspecified atom stereocenters. The first-order valence-electron chi connectivity index (χ1n) is 7.01. The van der Waals surface area contributed by atoms with Crippen LogP contribution in [0.4, 0.5) is 0 Å². The van der Waals surface area contributed by atoms with Crippen LogP contribution in [0.1, 0.15) is 44.7 Å². The molecule has 1 aromatic heterocycles. The third-order valence-corrected chi connectivity index (χ3v) is 3.22. The topological polar surface area (TPSA) is 67.0 Å². The maximum atomic E-state index is 11.1. The first kappa shape index (κ1) is 15.7. The van der Waals surface area contributed by atoms with E-state index in [-0.39, 0.29) is 5.97 Å². The zero-order valence-corrected chi connectivity index (χ0v) is 11.9. The van der Waals surface area contributed by atoms with Crippen LogP contribution in [0.2, 0.25) is 0 Å². The number of imidazole rings is 1. The van der Waals surface area contributed by atoms with Gasteiger partial charge in [-0.1, -0.05) is 13.3 Å². The van der Waals surface area contributed by atoms with Crippen molar-refractivity contribution in [1.82, 2.24) is 15.3 Å². The van der Waals surface area contributed by atoms with Crippen molar-refractivity contribution >= 4 is 5.97 Å². The summed E-state index contributed by atoms with van der Waals surface area (Å²) in [7, 11) is 1.44. The molecule has 1 heterocycles. The van der Waals surface area contributed by atoms with Crippen LogP contribution in [-0.2, 0) is 16.1 Å². The van der Waals surface area contributed by atoms with Gasteiger partial charge in [-0.3, -0.25) is 4.79 Å². The molecular formula is C14H25N3O2. The van der Waals surface area contributed by atoms with Crippen LogP contribution < -0.4 is 5.32 Å². The van der Waals surface area contributed by atoms with Gasteiger partial charge in [-0.15, -0.1) is 0 Å². The summed E-state index contributed by atoms with van der Waals surface area (Å²) < 4.78 is 4.66. The number of aromatic nitrogens is 2. The molecule has 1 rings (SSSR count). The molecule has 0 amide bonds. The minimum Gasteiger partial charge on any atom is -0.469 e. The molecule has 0 saturated heterocycles. The average molecular weight is 267 g/mol. The smallest absolute Gasteiger partial charge is 0.305 e. The summed E-state index contributed by atoms with van der Waals surface area (Å²) in [6, 6.07) is 0. The summed E-state index contributed by atoms with van der Waals surface area (Å²) in [5.74, 6) is 0.512. The summed E-state index contributed by atoms with van der Waals surface area (Å²) in [6.07, 6.45) is 8.39. The van der Waals surface area contributed by atoms with E-state index >= 15 is 0 Å². The van der Waals surface area contributed by atoms with Crippen LogP contribution in [0.25, 0.3) is 0 Å². The number of aromatic amines is 1. The molecule has 0 bridgehead atoms. The van der Waals surface area contributed by atoms with Crippen LogP contribution >= 0.6 is 0 Å². The Balaban J connectivity index is 2.18. The first-order valence-corrected chi connectivity index (χ1v) is 7.01. The molecule has 1 aromatic rings. The van der Waals surface area contributed by atoms with Gasteiger partial charge in [0.1, 0.15) is 0 Å². The standard InChI is InChI=1S/C14H25N3O2/c1-3-5-12(6-4-7-14(18)19-2)8-15-9-13-10-16-11-17-13/h10-12,15H,3-9H2,1-2H3,(H,16,17). The molecule has 5 nitrogen and oxygen atoms in total. The number of H-pyrrole nitrogens is 1. The molecule has 5 heteroatoms. The van der Waals surface area contributed by atoms with Gasteiger partial charge in [0, 0.05) is 24.9 Å². The Labute approximate surface area is 115 Å². The SMILES string of the molecule is CCCC(CCCC(=O)OC)CNCc1cnc[nH]1. The van der Waals surface area contributed by atoms with E-state index in [4.69, 9.17) is 0 Å². The predicted octanol–water partition coefficient (Wildman–Crippen LogP) is 2.26. The zero-order chi connectivity index (χ0) is 13.9. The Morgan fingerprint density at radius 1 is 1.53 bits per heavy atom. The molecule has 0 aliphatic carbocycles. The number of nitrogens with one attached hydrogen (secondary N) is 2. The molecule has 2 N–H and O–H groups in total. The monoisotopic (exact) mass is 267 g/mol. The first-order chi connectivity index (χ1) is 9.26. The Bertz CT molecular complexity index is 338. The van der Waals surface area contributed by atoms with Crippen molar-refractivity contribution < 1.29 is 9.53 Å². The number of carbonyl (C=O) groups excluding carboxylic acids is 1. The lowest BCUT2D eigenvalue weighted by molar-refractivity contribution is -0.140. The molecule has 108 valence electrons. The van der Waals surface area contributed by atoms with Crippen LogP contribution in [0.15, 0.2) is 12.5 Å². The number of nitrogens with zero attached hydrogens (tertiary/aromatic N) is 1. The van der Waals surface area contributed by atoms with Gasteiger partial charge in [0.15, 0.2) is 0 Å². The fourth-order valence-corrected chi connectivity index (χ4v) is 2.19. The Morgan fingerprint density at radius 2 is 2.37 bits per heavy atom. The van der Waals surface area contributed by atoms with Crippen LogP contribution in [0, 0.1) is 5.92 Å². The fourth-order valence-electron chi connectivity index (χ4n) is 2.19. The summed E-state index contributed by atoms with van der Waals surface area (Å²) in [4.78, 5) is 18.1. The Hall–Kier alpha value is -1.36. The third-order valence-electron chi connectivity index (χ3n) is 3.22. The normalized spacial score (nSPS) is 12.3. The van der Waals surface area contributed by atoms with Gasteiger partial charge < -0.3 is 15.0 Å². The lowest BCUT2D eigenvalue weighted by atomic mass is 9.97. The molecule has 0 spiro atoms. The maximum absolute atomic E-state index is 11.1. The summed E-state index contributed by atoms with van der Waals surface area (Å²) >= 11 is 0. The molecule has 0 aliphatic rings. The van der Waals surface area contributed by atoms with Crippen LogP contribution in [-0.4, -0.2) is 29.6 Å². The second-order valence-corrected chi connectivity index (χ2v) is 4.83. The summed E-state index contributed by atoms with van der Waals surface area (Å²) in [5.41, 5.74) is 1.10. The largest absolute Gasteiger partial charge is 0.469 e. The van der Waals surface area contributed by atoms with E-state index in [1.54, 1.807) is 6.33 Å². The minimum atomic E-state index is -0.110. The lowest BCUT2D eigenvalue weighted by Crippen LogP contribution is -2.23. The highest BCUT2D eigenvalue weighted by Crippen LogP contribution is 2.14. The van der Waals surface area contributed by atoms with E-state index in [1.165, 1.54) is 20.0 Å². The van der Waals surface area contributed by atoms with Gasteiger partial charge in [0.25, 0.3) is 0 Å². The van der Waals surface area contributed by atoms with Crippen molar-refractivity contribution in [2.24, 2.45) is 5.92 Å². The highest BCUT2D eigenvalue weighted by molar-refractivity contribution is 5.68. The van der Waals surface area contributed by atoms with E-state index in [1.807, 2.05) is 6.20 Å². The second kappa shape index (κ2) is 9.55. The number of hydrogen-bond donors (Lipinski definition) is 2. The molecule has 0 radical (unpaired) electrons. The van der Waals surface area contributed by atoms with E-state index < -0.39 is 0 Å². The van der Waals surface area contributed by atoms with Crippen molar-refractivity contribution in [2.75, 3.05) is 13.7 Å². The maximum Gasteiger partial charge on any atom is 0.305 e. The number of rotatable bonds is 10. The average Bonchev–Trinajstić information content (AvgIpc) is 2.91. The van der Waals surface area contributed by atoms with Gasteiger partial charge >= 0.3 is 5.97 Å². The number of esters is 1. The van der Waals surface area contributed by atoms with Crippen molar-refractivity contribution in [1.29, 1.82) is 0 Å². The van der Waals surface area contributed by atoms with Gasteiger partial charge in [-0.25, -0.2) is 4.98 Å². The van der Waals surface area contributed by atoms with Gasteiger partial charge in [0.2, 0.25) is 0 Å². The van der Waals surface area contributed by atoms with E-state index in [0.717, 1.165) is 31.6 Å². The second-order valence-electron chi connectivity index (χ2n) is 4.83. The molecule has 0 fully saturated rings. The van der Waals surface area contributed by atoms with Gasteiger partial charge in [-0.2, -0.15) is 0 Å². The Kier molecular flexibility index (Phi) is 7.89. The van der Waals surface area contributed by atoms with Gasteiger partial charge in [-0.05, 0) is 31.7 Å². The van der Waals surface area contributed by atoms with Crippen LogP contribution in [0.5, 0.6) is 0 Å². The highest BCUT2D eigenvalue weighted by atomic mass is 16.5. The Morgan fingerprint density at radius 3 is 3.00 bits per heavy atom. The molecule has 1 atom stereocenters. The van der Waals surface area contributed by atoms with Crippen molar-refractivity contribution in [3.63, 3.8) is 0 Å². The van der Waals surface area contributed by atoms with E-state index in [2.05, 4.69) is 26.9 Å². The molecule has 19 heavy (non-hydrogen) atoms. The van der Waals surface area contributed by atoms with Crippen LogP contribution in [0.3, 0.4) is 0 Å². The summed E-state index contributed by atoms with van der Waals surface area (Å²) in [5, 5.41) is 3.44. The van der Waals surface area contributed by atoms with Crippen molar-refractivity contribution in [3.8, 4) is 0 Å². The predicted molar refractivity (Wildman–Crippen MR) is 74.6 cm³/mol. The quantitative estimate of drug-likeness (QED) is 0.638. The van der Waals surface area contributed by atoms with E-state index in [0.29, 0.717) is 12.3 Å². The molecule has 0 aliphatic heterocycles. The van der Waals surface area contributed by atoms with Gasteiger partial charge in [0.05, 0.1) is 13.4 Å². The number of ether oxygens (including phenoxy) is 1. The minimum absolute atomic E-state index is 0.110. The molecule has 0 saturated carbocycles. The lowest BCUT2D eigenvalue weighted by Gasteiger charge is -2.16. The highest BCUT2D eigenvalue weighted by Gasteiger charge is 2.09.